The smallest absolute Gasteiger partial charge is 0.410 e. The summed E-state index contributed by atoms with van der Waals surface area (Å²) < 4.78 is 11.5. The largest absolute Gasteiger partial charge is 0.444 e. The van der Waals surface area contributed by atoms with E-state index in [1.165, 1.54) is 0 Å². The number of hydrogen-bond acceptors (Lipinski definition) is 3. The SMILES string of the molecule is CC(C)(C)OC(=O)N1CC2(c3ccc(Cl)c(Cl)c3)CC1CO2. The van der Waals surface area contributed by atoms with Gasteiger partial charge in [0.15, 0.2) is 0 Å². The Bertz CT molecular complexity index is 614. The van der Waals surface area contributed by atoms with Crippen molar-refractivity contribution in [3.63, 3.8) is 0 Å². The molecule has 1 aromatic carbocycles. The second-order valence-corrected chi connectivity index (χ2v) is 7.71. The fourth-order valence-corrected chi connectivity index (χ4v) is 3.37. The zero-order valence-electron chi connectivity index (χ0n) is 12.9. The molecular formula is C16H19Cl2NO3. The molecule has 2 unspecified atom stereocenters. The fourth-order valence-electron chi connectivity index (χ4n) is 3.07. The van der Waals surface area contributed by atoms with Crippen LogP contribution in [0.25, 0.3) is 0 Å². The standard InChI is InChI=1S/C16H19Cl2NO3/c1-15(2,3)22-14(20)19-9-16(7-11(19)8-21-16)10-4-5-12(17)13(18)6-10/h4-6,11H,7-9H2,1-3H3. The van der Waals surface area contributed by atoms with E-state index in [0.717, 1.165) is 12.0 Å². The summed E-state index contributed by atoms with van der Waals surface area (Å²) >= 11 is 12.1. The Morgan fingerprint density at radius 3 is 2.73 bits per heavy atom. The van der Waals surface area contributed by atoms with Gasteiger partial charge in [0.2, 0.25) is 0 Å². The van der Waals surface area contributed by atoms with Crippen LogP contribution in [0, 0.1) is 0 Å². The van der Waals surface area contributed by atoms with Crippen molar-refractivity contribution in [2.75, 3.05) is 13.2 Å². The molecule has 0 N–H and O–H groups in total. The van der Waals surface area contributed by atoms with Crippen LogP contribution in [-0.2, 0) is 15.1 Å². The van der Waals surface area contributed by atoms with E-state index in [4.69, 9.17) is 32.7 Å². The zero-order chi connectivity index (χ0) is 16.1. The molecule has 1 amide bonds. The summed E-state index contributed by atoms with van der Waals surface area (Å²) in [6.45, 7) is 6.59. The van der Waals surface area contributed by atoms with Crippen LogP contribution in [-0.4, -0.2) is 35.8 Å². The lowest BCUT2D eigenvalue weighted by Gasteiger charge is -2.34. The summed E-state index contributed by atoms with van der Waals surface area (Å²) in [5.41, 5.74) is -0.0535. The predicted octanol–water partition coefficient (Wildman–Crippen LogP) is 4.23. The van der Waals surface area contributed by atoms with Crippen molar-refractivity contribution in [3.05, 3.63) is 33.8 Å². The molecule has 6 heteroatoms. The molecule has 2 bridgehead atoms. The average Bonchev–Trinajstić information content (AvgIpc) is 2.99. The highest BCUT2D eigenvalue weighted by Crippen LogP contribution is 2.46. The van der Waals surface area contributed by atoms with E-state index >= 15 is 0 Å². The summed E-state index contributed by atoms with van der Waals surface area (Å²) in [7, 11) is 0. The van der Waals surface area contributed by atoms with Crippen LogP contribution in [0.15, 0.2) is 18.2 Å². The molecule has 22 heavy (non-hydrogen) atoms. The van der Waals surface area contributed by atoms with Gasteiger partial charge in [0.1, 0.15) is 11.2 Å². The molecule has 2 aliphatic rings. The van der Waals surface area contributed by atoms with Crippen LogP contribution >= 0.6 is 23.2 Å². The third kappa shape index (κ3) is 2.80. The van der Waals surface area contributed by atoms with E-state index in [-0.39, 0.29) is 12.1 Å². The molecule has 0 spiro atoms. The van der Waals surface area contributed by atoms with Crippen molar-refractivity contribution < 1.29 is 14.3 Å². The number of carbonyl (C=O) groups excluding carboxylic acids is 1. The first kappa shape index (κ1) is 15.9. The van der Waals surface area contributed by atoms with Gasteiger partial charge in [-0.1, -0.05) is 29.3 Å². The number of carbonyl (C=O) groups is 1. The molecule has 2 fully saturated rings. The summed E-state index contributed by atoms with van der Waals surface area (Å²) in [6, 6.07) is 5.55. The first-order valence-electron chi connectivity index (χ1n) is 7.29. The fraction of sp³-hybridized carbons (Fsp3) is 0.562. The van der Waals surface area contributed by atoms with Crippen molar-refractivity contribution >= 4 is 29.3 Å². The molecule has 3 rings (SSSR count). The molecule has 4 nitrogen and oxygen atoms in total. The Labute approximate surface area is 140 Å². The second kappa shape index (κ2) is 5.29. The Morgan fingerprint density at radius 2 is 2.09 bits per heavy atom. The molecule has 0 aliphatic carbocycles. The van der Waals surface area contributed by atoms with Crippen LogP contribution in [0.2, 0.25) is 10.0 Å². The summed E-state index contributed by atoms with van der Waals surface area (Å²) in [6.07, 6.45) is 0.465. The number of likely N-dealkylation sites (tertiary alicyclic amines) is 1. The van der Waals surface area contributed by atoms with E-state index in [1.807, 2.05) is 32.9 Å². The lowest BCUT2D eigenvalue weighted by atomic mass is 9.93. The highest BCUT2D eigenvalue weighted by Gasteiger charge is 2.54. The first-order chi connectivity index (χ1) is 10.2. The van der Waals surface area contributed by atoms with E-state index in [2.05, 4.69) is 0 Å². The molecule has 2 atom stereocenters. The first-order valence-corrected chi connectivity index (χ1v) is 8.05. The van der Waals surface area contributed by atoms with E-state index in [9.17, 15) is 4.79 Å². The van der Waals surface area contributed by atoms with E-state index < -0.39 is 11.2 Å². The number of rotatable bonds is 1. The third-order valence-electron chi connectivity index (χ3n) is 4.06. The van der Waals surface area contributed by atoms with Gasteiger partial charge in [-0.05, 0) is 38.5 Å². The maximum atomic E-state index is 12.3. The van der Waals surface area contributed by atoms with Crippen LogP contribution in [0.1, 0.15) is 32.8 Å². The van der Waals surface area contributed by atoms with Gasteiger partial charge < -0.3 is 9.47 Å². The minimum atomic E-state index is -0.504. The van der Waals surface area contributed by atoms with Crippen molar-refractivity contribution in [2.45, 2.75) is 44.4 Å². The molecule has 0 saturated carbocycles. The van der Waals surface area contributed by atoms with Crippen molar-refractivity contribution in [1.82, 2.24) is 4.90 Å². The molecular weight excluding hydrogens is 325 g/mol. The van der Waals surface area contributed by atoms with Gasteiger partial charge >= 0.3 is 6.09 Å². The number of hydrogen-bond donors (Lipinski definition) is 0. The van der Waals surface area contributed by atoms with Gasteiger partial charge in [0, 0.05) is 6.42 Å². The van der Waals surface area contributed by atoms with E-state index in [0.29, 0.717) is 23.2 Å². The Balaban J connectivity index is 1.82. The number of morpholine rings is 1. The molecule has 2 heterocycles. The van der Waals surface area contributed by atoms with Gasteiger partial charge in [-0.2, -0.15) is 0 Å². The summed E-state index contributed by atoms with van der Waals surface area (Å²) in [5, 5.41) is 1.01. The van der Waals surface area contributed by atoms with Crippen molar-refractivity contribution in [2.24, 2.45) is 0 Å². The molecule has 2 saturated heterocycles. The molecule has 1 aromatic rings. The Hall–Kier alpha value is -0.970. The van der Waals surface area contributed by atoms with Crippen LogP contribution in [0.4, 0.5) is 4.79 Å². The third-order valence-corrected chi connectivity index (χ3v) is 4.80. The predicted molar refractivity (Wildman–Crippen MR) is 85.4 cm³/mol. The summed E-state index contributed by atoms with van der Waals surface area (Å²) in [4.78, 5) is 14.1. The lowest BCUT2D eigenvalue weighted by Crippen LogP contribution is -2.46. The highest BCUT2D eigenvalue weighted by molar-refractivity contribution is 6.42. The van der Waals surface area contributed by atoms with Gasteiger partial charge in [-0.3, -0.25) is 4.90 Å². The minimum absolute atomic E-state index is 0.0457. The molecule has 0 aromatic heterocycles. The number of nitrogens with zero attached hydrogens (tertiary/aromatic N) is 1. The van der Waals surface area contributed by atoms with Crippen LogP contribution in [0.3, 0.4) is 0 Å². The van der Waals surface area contributed by atoms with E-state index in [1.54, 1.807) is 11.0 Å². The minimum Gasteiger partial charge on any atom is -0.444 e. The highest BCUT2D eigenvalue weighted by atomic mass is 35.5. The van der Waals surface area contributed by atoms with Gasteiger partial charge in [-0.15, -0.1) is 0 Å². The van der Waals surface area contributed by atoms with Crippen LogP contribution < -0.4 is 0 Å². The number of fused-ring (bicyclic) bond motifs is 2. The molecule has 2 aliphatic heterocycles. The monoisotopic (exact) mass is 343 g/mol. The lowest BCUT2D eigenvalue weighted by molar-refractivity contribution is -0.0558. The second-order valence-electron chi connectivity index (χ2n) is 6.90. The summed E-state index contributed by atoms with van der Waals surface area (Å²) in [5.74, 6) is 0. The number of ether oxygens (including phenoxy) is 2. The number of halogens is 2. The van der Waals surface area contributed by atoms with Gasteiger partial charge in [0.25, 0.3) is 0 Å². The molecule has 120 valence electrons. The van der Waals surface area contributed by atoms with Crippen molar-refractivity contribution in [3.8, 4) is 0 Å². The van der Waals surface area contributed by atoms with Gasteiger partial charge in [-0.25, -0.2) is 4.79 Å². The quantitative estimate of drug-likeness (QED) is 0.765. The van der Waals surface area contributed by atoms with Gasteiger partial charge in [0.05, 0.1) is 29.2 Å². The maximum Gasteiger partial charge on any atom is 0.410 e. The average molecular weight is 344 g/mol. The topological polar surface area (TPSA) is 38.8 Å². The molecule has 0 radical (unpaired) electrons. The van der Waals surface area contributed by atoms with Crippen LogP contribution in [0.5, 0.6) is 0 Å². The Kier molecular flexibility index (Phi) is 3.83. The van der Waals surface area contributed by atoms with Crippen molar-refractivity contribution in [1.29, 1.82) is 0 Å². The number of benzene rings is 1. The maximum absolute atomic E-state index is 12.3. The zero-order valence-corrected chi connectivity index (χ0v) is 14.4. The normalized spacial score (nSPS) is 27.3. The number of amides is 1. The Morgan fingerprint density at radius 1 is 1.36 bits per heavy atom.